The lowest BCUT2D eigenvalue weighted by Gasteiger charge is -2.26. The fourth-order valence-corrected chi connectivity index (χ4v) is 7.90. The van der Waals surface area contributed by atoms with Gasteiger partial charge in [0.15, 0.2) is 15.0 Å². The smallest absolute Gasteiger partial charge is 0.252 e. The van der Waals surface area contributed by atoms with E-state index in [4.69, 9.17) is 11.6 Å². The van der Waals surface area contributed by atoms with Crippen LogP contribution in [-0.2, 0) is 21.1 Å². The molecule has 1 amide bonds. The molecule has 152 valence electrons. The standard InChI is InChI=1S/C21H21ClN2O3S2/c1-13-7-8-14(2)17(9-13)24-18-11-29(26,27)12-19(18)28-21(24)23-20(25)10-15-5-3-4-6-16(15)22/h3-9,18-19H,10-12H2,1-2H3/t18-,19+/m0/s1. The van der Waals surface area contributed by atoms with Crippen molar-refractivity contribution in [3.05, 3.63) is 64.2 Å². The molecule has 0 spiro atoms. The fraction of sp³-hybridized carbons (Fsp3) is 0.333. The topological polar surface area (TPSA) is 66.8 Å². The number of hydrogen-bond acceptors (Lipinski definition) is 4. The van der Waals surface area contributed by atoms with E-state index in [0.717, 1.165) is 22.4 Å². The van der Waals surface area contributed by atoms with Gasteiger partial charge in [0.1, 0.15) is 0 Å². The second-order valence-corrected chi connectivity index (χ2v) is 11.3. The molecular weight excluding hydrogens is 428 g/mol. The summed E-state index contributed by atoms with van der Waals surface area (Å²) in [6.07, 6.45) is 0.109. The van der Waals surface area contributed by atoms with Gasteiger partial charge in [-0.15, -0.1) is 0 Å². The molecule has 2 atom stereocenters. The number of aliphatic imine (C=N–C) groups is 1. The van der Waals surface area contributed by atoms with Crippen LogP contribution in [0.3, 0.4) is 0 Å². The maximum atomic E-state index is 12.7. The van der Waals surface area contributed by atoms with Gasteiger partial charge in [-0.3, -0.25) is 4.79 Å². The van der Waals surface area contributed by atoms with Crippen LogP contribution in [0.2, 0.25) is 5.02 Å². The van der Waals surface area contributed by atoms with Gasteiger partial charge in [0, 0.05) is 16.0 Å². The molecule has 4 rings (SSSR count). The largest absolute Gasteiger partial charge is 0.315 e. The third-order valence-electron chi connectivity index (χ3n) is 5.21. The highest BCUT2D eigenvalue weighted by Gasteiger charge is 2.49. The van der Waals surface area contributed by atoms with E-state index in [-0.39, 0.29) is 35.1 Å². The van der Waals surface area contributed by atoms with E-state index in [2.05, 4.69) is 4.99 Å². The van der Waals surface area contributed by atoms with Crippen molar-refractivity contribution in [2.24, 2.45) is 4.99 Å². The second kappa shape index (κ2) is 7.78. The molecule has 0 saturated carbocycles. The number of amidine groups is 1. The summed E-state index contributed by atoms with van der Waals surface area (Å²) >= 11 is 7.56. The summed E-state index contributed by atoms with van der Waals surface area (Å²) in [5.74, 6) is -0.101. The van der Waals surface area contributed by atoms with Crippen LogP contribution in [0.4, 0.5) is 5.69 Å². The van der Waals surface area contributed by atoms with Crippen molar-refractivity contribution < 1.29 is 13.2 Å². The first-order valence-corrected chi connectivity index (χ1v) is 12.4. The van der Waals surface area contributed by atoms with Crippen molar-refractivity contribution in [3.8, 4) is 0 Å². The molecule has 0 radical (unpaired) electrons. The number of sulfone groups is 1. The molecule has 8 heteroatoms. The van der Waals surface area contributed by atoms with E-state index in [1.807, 2.05) is 55.1 Å². The van der Waals surface area contributed by atoms with Crippen LogP contribution >= 0.6 is 23.4 Å². The number of benzene rings is 2. The summed E-state index contributed by atoms with van der Waals surface area (Å²) in [7, 11) is -3.10. The zero-order chi connectivity index (χ0) is 20.8. The van der Waals surface area contributed by atoms with E-state index < -0.39 is 9.84 Å². The van der Waals surface area contributed by atoms with Gasteiger partial charge >= 0.3 is 0 Å². The predicted molar refractivity (Wildman–Crippen MR) is 120 cm³/mol. The van der Waals surface area contributed by atoms with Gasteiger partial charge in [0.2, 0.25) is 0 Å². The highest BCUT2D eigenvalue weighted by atomic mass is 35.5. The number of thioether (sulfide) groups is 1. The Morgan fingerprint density at radius 2 is 1.97 bits per heavy atom. The van der Waals surface area contributed by atoms with Gasteiger partial charge in [0.05, 0.1) is 24.0 Å². The summed E-state index contributed by atoms with van der Waals surface area (Å²) in [6.45, 7) is 3.98. The average Bonchev–Trinajstić information content (AvgIpc) is 3.10. The number of fused-ring (bicyclic) bond motifs is 1. The highest BCUT2D eigenvalue weighted by Crippen LogP contribution is 2.42. The number of rotatable bonds is 3. The summed E-state index contributed by atoms with van der Waals surface area (Å²) < 4.78 is 24.4. The van der Waals surface area contributed by atoms with Crippen molar-refractivity contribution in [1.29, 1.82) is 0 Å². The number of hydrogen-bond donors (Lipinski definition) is 0. The minimum absolute atomic E-state index is 0.0791. The molecule has 2 aliphatic rings. The van der Waals surface area contributed by atoms with Crippen LogP contribution in [-0.4, -0.2) is 42.3 Å². The number of carbonyl (C=O) groups is 1. The Balaban J connectivity index is 1.70. The third-order valence-corrected chi connectivity index (χ3v) is 8.79. The molecule has 0 bridgehead atoms. The molecule has 2 fully saturated rings. The molecule has 0 unspecified atom stereocenters. The van der Waals surface area contributed by atoms with E-state index in [1.54, 1.807) is 6.07 Å². The van der Waals surface area contributed by atoms with Crippen molar-refractivity contribution in [2.75, 3.05) is 16.4 Å². The molecule has 2 aromatic carbocycles. The van der Waals surface area contributed by atoms with Gasteiger partial charge in [0.25, 0.3) is 5.91 Å². The molecule has 29 heavy (non-hydrogen) atoms. The molecule has 2 saturated heterocycles. The van der Waals surface area contributed by atoms with Crippen LogP contribution in [0.5, 0.6) is 0 Å². The van der Waals surface area contributed by atoms with Gasteiger partial charge in [-0.2, -0.15) is 4.99 Å². The first-order chi connectivity index (χ1) is 13.7. The molecule has 0 aliphatic carbocycles. The van der Waals surface area contributed by atoms with E-state index in [0.29, 0.717) is 10.2 Å². The van der Waals surface area contributed by atoms with E-state index in [1.165, 1.54) is 11.8 Å². The SMILES string of the molecule is Cc1ccc(C)c(N2C(=NC(=O)Cc3ccccc3Cl)S[C@@H]3CS(=O)(=O)C[C@@H]32)c1. The number of carbonyl (C=O) groups excluding carboxylic acids is 1. The van der Waals surface area contributed by atoms with Gasteiger partial charge in [-0.05, 0) is 42.7 Å². The van der Waals surface area contributed by atoms with Crippen molar-refractivity contribution in [3.63, 3.8) is 0 Å². The lowest BCUT2D eigenvalue weighted by atomic mass is 10.1. The number of nitrogens with zero attached hydrogens (tertiary/aromatic N) is 2. The zero-order valence-electron chi connectivity index (χ0n) is 16.1. The number of halogens is 1. The Kier molecular flexibility index (Phi) is 5.48. The Bertz CT molecular complexity index is 1110. The number of anilines is 1. The van der Waals surface area contributed by atoms with Crippen LogP contribution in [0.25, 0.3) is 0 Å². The van der Waals surface area contributed by atoms with Crippen LogP contribution < -0.4 is 4.90 Å². The van der Waals surface area contributed by atoms with Gasteiger partial charge < -0.3 is 4.90 Å². The predicted octanol–water partition coefficient (Wildman–Crippen LogP) is 3.80. The Labute approximate surface area is 180 Å². The first kappa shape index (κ1) is 20.4. The van der Waals surface area contributed by atoms with Crippen molar-refractivity contribution in [2.45, 2.75) is 31.6 Å². The molecular formula is C21H21ClN2O3S2. The van der Waals surface area contributed by atoms with Crippen LogP contribution in [0.15, 0.2) is 47.5 Å². The monoisotopic (exact) mass is 448 g/mol. The molecule has 0 aromatic heterocycles. The molecule has 5 nitrogen and oxygen atoms in total. The van der Waals surface area contributed by atoms with Gasteiger partial charge in [-0.1, -0.05) is 53.7 Å². The molecule has 2 heterocycles. The summed E-state index contributed by atoms with van der Waals surface area (Å²) in [5, 5.41) is 0.988. The highest BCUT2D eigenvalue weighted by molar-refractivity contribution is 8.16. The normalized spacial score (nSPS) is 24.1. The molecule has 2 aliphatic heterocycles. The van der Waals surface area contributed by atoms with Crippen molar-refractivity contribution >= 4 is 50.0 Å². The number of amides is 1. The maximum absolute atomic E-state index is 12.7. The summed E-state index contributed by atoms with van der Waals surface area (Å²) in [6, 6.07) is 13.1. The third kappa shape index (κ3) is 4.22. The van der Waals surface area contributed by atoms with E-state index in [9.17, 15) is 13.2 Å². The Hall–Kier alpha value is -1.83. The van der Waals surface area contributed by atoms with Crippen molar-refractivity contribution in [1.82, 2.24) is 0 Å². The maximum Gasteiger partial charge on any atom is 0.252 e. The van der Waals surface area contributed by atoms with Crippen LogP contribution in [0, 0.1) is 13.8 Å². The lowest BCUT2D eigenvalue weighted by Crippen LogP contribution is -2.38. The minimum Gasteiger partial charge on any atom is -0.315 e. The Morgan fingerprint density at radius 1 is 1.21 bits per heavy atom. The first-order valence-electron chi connectivity index (χ1n) is 9.32. The quantitative estimate of drug-likeness (QED) is 0.714. The summed E-state index contributed by atoms with van der Waals surface area (Å²) in [4.78, 5) is 19.0. The van der Waals surface area contributed by atoms with Gasteiger partial charge in [-0.25, -0.2) is 8.42 Å². The second-order valence-electron chi connectivity index (χ2n) is 7.52. The summed E-state index contributed by atoms with van der Waals surface area (Å²) in [5.41, 5.74) is 3.73. The zero-order valence-corrected chi connectivity index (χ0v) is 18.5. The average molecular weight is 449 g/mol. The Morgan fingerprint density at radius 3 is 2.72 bits per heavy atom. The fourth-order valence-electron chi connectivity index (χ4n) is 3.78. The minimum atomic E-state index is -3.10. The van der Waals surface area contributed by atoms with E-state index >= 15 is 0 Å². The lowest BCUT2D eigenvalue weighted by molar-refractivity contribution is -0.117. The number of aryl methyl sites for hydroxylation is 2. The van der Waals surface area contributed by atoms with Crippen LogP contribution in [0.1, 0.15) is 16.7 Å². The molecule has 2 aromatic rings. The molecule has 0 N–H and O–H groups in total.